The molecule has 1 aliphatic heterocycles. The van der Waals surface area contributed by atoms with Crippen molar-refractivity contribution in [2.24, 2.45) is 0 Å². The minimum atomic E-state index is 0.0580. The molecule has 22 heavy (non-hydrogen) atoms. The van der Waals surface area contributed by atoms with E-state index in [4.69, 9.17) is 23.2 Å². The van der Waals surface area contributed by atoms with Crippen LogP contribution in [0, 0.1) is 6.92 Å². The van der Waals surface area contributed by atoms with Gasteiger partial charge in [-0.05, 0) is 54.8 Å². The highest BCUT2D eigenvalue weighted by Crippen LogP contribution is 2.37. The summed E-state index contributed by atoms with van der Waals surface area (Å²) in [6.45, 7) is 3.06. The number of hydrogen-bond acceptors (Lipinski definition) is 1. The molecule has 0 bridgehead atoms. The van der Waals surface area contributed by atoms with Crippen LogP contribution in [0.5, 0.6) is 0 Å². The van der Waals surface area contributed by atoms with Gasteiger partial charge in [-0.2, -0.15) is 0 Å². The normalized spacial score (nSPS) is 17.7. The molecule has 112 valence electrons. The molecule has 2 nitrogen and oxygen atoms in total. The molecule has 1 atom stereocenters. The highest BCUT2D eigenvalue weighted by atomic mass is 35.5. The third-order valence-corrected chi connectivity index (χ3v) is 4.96. The van der Waals surface area contributed by atoms with Gasteiger partial charge in [-0.3, -0.25) is 0 Å². The van der Waals surface area contributed by atoms with E-state index in [0.29, 0.717) is 5.02 Å². The summed E-state index contributed by atoms with van der Waals surface area (Å²) in [7, 11) is 0. The van der Waals surface area contributed by atoms with E-state index in [0.717, 1.165) is 23.6 Å². The van der Waals surface area contributed by atoms with Gasteiger partial charge in [0.1, 0.15) is 0 Å². The standard InChI is InChI=1S/C18H16Cl2N2/c1-10-2-5-16-13(8-10)12-6-7-21-17(18(12)22-16)14-9-11(19)3-4-15(14)20/h2-5,8-9,17,21-22H,6-7H2,1H3. The number of rotatable bonds is 1. The second-order valence-corrected chi connectivity index (χ2v) is 6.71. The Balaban J connectivity index is 1.92. The van der Waals surface area contributed by atoms with Crippen LogP contribution in [0.4, 0.5) is 0 Å². The smallest absolute Gasteiger partial charge is 0.0747 e. The fourth-order valence-corrected chi connectivity index (χ4v) is 3.75. The van der Waals surface area contributed by atoms with Crippen LogP contribution in [0.1, 0.15) is 28.4 Å². The van der Waals surface area contributed by atoms with Crippen molar-refractivity contribution in [2.45, 2.75) is 19.4 Å². The van der Waals surface area contributed by atoms with E-state index >= 15 is 0 Å². The number of hydrogen-bond donors (Lipinski definition) is 2. The predicted octanol–water partition coefficient (Wildman–Crippen LogP) is 5.02. The predicted molar refractivity (Wildman–Crippen MR) is 93.0 cm³/mol. The Morgan fingerprint density at radius 3 is 2.82 bits per heavy atom. The first-order chi connectivity index (χ1) is 10.6. The zero-order valence-corrected chi connectivity index (χ0v) is 13.7. The van der Waals surface area contributed by atoms with Gasteiger partial charge in [0.2, 0.25) is 0 Å². The molecule has 2 N–H and O–H groups in total. The summed E-state index contributed by atoms with van der Waals surface area (Å²) < 4.78 is 0. The molecule has 3 aromatic rings. The second kappa shape index (κ2) is 5.31. The third-order valence-electron chi connectivity index (χ3n) is 4.38. The van der Waals surface area contributed by atoms with Crippen molar-refractivity contribution < 1.29 is 0 Å². The molecule has 0 radical (unpaired) electrons. The average Bonchev–Trinajstić information content (AvgIpc) is 2.88. The molecular weight excluding hydrogens is 315 g/mol. The number of halogens is 2. The van der Waals surface area contributed by atoms with Crippen molar-refractivity contribution in [3.8, 4) is 0 Å². The van der Waals surface area contributed by atoms with Crippen molar-refractivity contribution in [2.75, 3.05) is 6.54 Å². The number of benzene rings is 2. The summed E-state index contributed by atoms with van der Waals surface area (Å²) >= 11 is 12.6. The molecule has 2 heterocycles. The molecule has 1 aliphatic rings. The molecule has 1 unspecified atom stereocenters. The van der Waals surface area contributed by atoms with Gasteiger partial charge in [0.25, 0.3) is 0 Å². The van der Waals surface area contributed by atoms with E-state index in [1.165, 1.54) is 27.7 Å². The first-order valence-corrected chi connectivity index (χ1v) is 8.18. The SMILES string of the molecule is Cc1ccc2[nH]c3c(c2c1)CCNC3c1cc(Cl)ccc1Cl. The zero-order chi connectivity index (χ0) is 15.3. The Morgan fingerprint density at radius 2 is 1.95 bits per heavy atom. The van der Waals surface area contributed by atoms with Gasteiger partial charge in [0.05, 0.1) is 6.04 Å². The van der Waals surface area contributed by atoms with Crippen molar-refractivity contribution >= 4 is 34.1 Å². The van der Waals surface area contributed by atoms with Crippen molar-refractivity contribution in [3.63, 3.8) is 0 Å². The highest BCUT2D eigenvalue weighted by Gasteiger charge is 2.26. The van der Waals surface area contributed by atoms with E-state index in [2.05, 4.69) is 35.4 Å². The average molecular weight is 331 g/mol. The summed E-state index contributed by atoms with van der Waals surface area (Å²) in [5, 5.41) is 6.33. The molecule has 4 heteroatoms. The highest BCUT2D eigenvalue weighted by molar-refractivity contribution is 6.33. The summed E-state index contributed by atoms with van der Waals surface area (Å²) in [5.74, 6) is 0. The lowest BCUT2D eigenvalue weighted by atomic mass is 9.94. The quantitative estimate of drug-likeness (QED) is 0.644. The molecule has 0 spiro atoms. The van der Waals surface area contributed by atoms with Crippen LogP contribution in [0.2, 0.25) is 10.0 Å². The van der Waals surface area contributed by atoms with Crippen molar-refractivity contribution in [1.29, 1.82) is 0 Å². The van der Waals surface area contributed by atoms with Crippen LogP contribution in [0.3, 0.4) is 0 Å². The van der Waals surface area contributed by atoms with Crippen molar-refractivity contribution in [3.05, 3.63) is 68.8 Å². The van der Waals surface area contributed by atoms with Gasteiger partial charge in [0.15, 0.2) is 0 Å². The van der Waals surface area contributed by atoms with E-state index < -0.39 is 0 Å². The molecule has 0 fully saturated rings. The number of aromatic amines is 1. The van der Waals surface area contributed by atoms with Crippen LogP contribution in [0.25, 0.3) is 10.9 Å². The maximum absolute atomic E-state index is 6.41. The number of nitrogens with one attached hydrogen (secondary N) is 2. The van der Waals surface area contributed by atoms with Gasteiger partial charge in [-0.25, -0.2) is 0 Å². The van der Waals surface area contributed by atoms with Crippen LogP contribution in [0.15, 0.2) is 36.4 Å². The van der Waals surface area contributed by atoms with E-state index in [1.54, 1.807) is 0 Å². The molecule has 0 aliphatic carbocycles. The van der Waals surface area contributed by atoms with Crippen LogP contribution >= 0.6 is 23.2 Å². The molecule has 1 aromatic heterocycles. The maximum Gasteiger partial charge on any atom is 0.0747 e. The molecule has 4 rings (SSSR count). The fourth-order valence-electron chi connectivity index (χ4n) is 3.34. The minimum Gasteiger partial charge on any atom is -0.357 e. The number of H-pyrrole nitrogens is 1. The van der Waals surface area contributed by atoms with E-state index in [9.17, 15) is 0 Å². The first kappa shape index (κ1) is 14.1. The lowest BCUT2D eigenvalue weighted by Gasteiger charge is -2.25. The molecular formula is C18H16Cl2N2. The molecule has 0 saturated heterocycles. The second-order valence-electron chi connectivity index (χ2n) is 5.87. The molecule has 0 saturated carbocycles. The van der Waals surface area contributed by atoms with Gasteiger partial charge in [0, 0.05) is 33.2 Å². The van der Waals surface area contributed by atoms with Gasteiger partial charge in [-0.15, -0.1) is 0 Å². The largest absolute Gasteiger partial charge is 0.357 e. The number of fused-ring (bicyclic) bond motifs is 3. The Kier molecular flexibility index (Phi) is 3.41. The molecule has 0 amide bonds. The van der Waals surface area contributed by atoms with Crippen LogP contribution in [-0.2, 0) is 6.42 Å². The lowest BCUT2D eigenvalue weighted by molar-refractivity contribution is 0.560. The third kappa shape index (κ3) is 2.23. The minimum absolute atomic E-state index is 0.0580. The Bertz CT molecular complexity index is 867. The summed E-state index contributed by atoms with van der Waals surface area (Å²) in [6.07, 6.45) is 1.02. The van der Waals surface area contributed by atoms with Crippen molar-refractivity contribution in [1.82, 2.24) is 10.3 Å². The number of aromatic nitrogens is 1. The summed E-state index contributed by atoms with van der Waals surface area (Å²) in [4.78, 5) is 3.57. The zero-order valence-electron chi connectivity index (χ0n) is 12.2. The Hall–Kier alpha value is -1.48. The van der Waals surface area contributed by atoms with Gasteiger partial charge in [-0.1, -0.05) is 34.8 Å². The Labute approximate surface area is 139 Å². The van der Waals surface area contributed by atoms with E-state index in [1.807, 2.05) is 18.2 Å². The fraction of sp³-hybridized carbons (Fsp3) is 0.222. The van der Waals surface area contributed by atoms with Crippen LogP contribution < -0.4 is 5.32 Å². The summed E-state index contributed by atoms with van der Waals surface area (Å²) in [6, 6.07) is 12.2. The summed E-state index contributed by atoms with van der Waals surface area (Å²) in [5.41, 5.74) is 6.08. The molecule has 2 aromatic carbocycles. The van der Waals surface area contributed by atoms with E-state index in [-0.39, 0.29) is 6.04 Å². The van der Waals surface area contributed by atoms with Crippen LogP contribution in [-0.4, -0.2) is 11.5 Å². The number of aryl methyl sites for hydroxylation is 1. The Morgan fingerprint density at radius 1 is 1.09 bits per heavy atom. The van der Waals surface area contributed by atoms with Gasteiger partial charge >= 0.3 is 0 Å². The monoisotopic (exact) mass is 330 g/mol. The van der Waals surface area contributed by atoms with Gasteiger partial charge < -0.3 is 10.3 Å². The maximum atomic E-state index is 6.41. The lowest BCUT2D eigenvalue weighted by Crippen LogP contribution is -2.30. The topological polar surface area (TPSA) is 27.8 Å². The first-order valence-electron chi connectivity index (χ1n) is 7.43.